The van der Waals surface area contributed by atoms with Gasteiger partial charge in [0.2, 0.25) is 0 Å². The average molecular weight is 226 g/mol. The van der Waals surface area contributed by atoms with E-state index < -0.39 is 5.60 Å². The fourth-order valence-corrected chi connectivity index (χ4v) is 2.62. The van der Waals surface area contributed by atoms with Crippen molar-refractivity contribution >= 4 is 6.09 Å². The number of carbonyl (C=O) groups excluding carboxylic acids is 1. The molecule has 2 aliphatic heterocycles. The van der Waals surface area contributed by atoms with E-state index in [0.29, 0.717) is 12.0 Å². The first-order valence-corrected chi connectivity index (χ1v) is 6.18. The van der Waals surface area contributed by atoms with Gasteiger partial charge in [0.1, 0.15) is 5.60 Å². The molecular formula is C12H22N2O2. The molecule has 0 bridgehead atoms. The summed E-state index contributed by atoms with van der Waals surface area (Å²) in [5.74, 6) is 0.626. The van der Waals surface area contributed by atoms with Crippen LogP contribution in [0.4, 0.5) is 4.79 Å². The molecule has 2 aliphatic rings. The van der Waals surface area contributed by atoms with Gasteiger partial charge < -0.3 is 15.0 Å². The van der Waals surface area contributed by atoms with Crippen LogP contribution in [0, 0.1) is 5.92 Å². The summed E-state index contributed by atoms with van der Waals surface area (Å²) in [6, 6.07) is 0.351. The maximum atomic E-state index is 12.0. The van der Waals surface area contributed by atoms with E-state index in [-0.39, 0.29) is 6.09 Å². The van der Waals surface area contributed by atoms with E-state index in [0.717, 1.165) is 26.1 Å². The summed E-state index contributed by atoms with van der Waals surface area (Å²) in [5, 5.41) is 3.36. The number of ether oxygens (including phenoxy) is 1. The lowest BCUT2D eigenvalue weighted by Crippen LogP contribution is -2.50. The number of hydrogen-bond donors (Lipinski definition) is 1. The molecule has 4 nitrogen and oxygen atoms in total. The lowest BCUT2D eigenvalue weighted by atomic mass is 9.92. The molecular weight excluding hydrogens is 204 g/mol. The molecule has 2 heterocycles. The fraction of sp³-hybridized carbons (Fsp3) is 0.917. The highest BCUT2D eigenvalue weighted by Gasteiger charge is 2.38. The van der Waals surface area contributed by atoms with Crippen LogP contribution in [0.5, 0.6) is 0 Å². The minimum atomic E-state index is -0.393. The molecule has 0 aromatic heterocycles. The SMILES string of the molecule is CC(C)(C)OC(=O)N1CCC[C@@H]2CNC[C@@H]21. The van der Waals surface area contributed by atoms with Crippen LogP contribution in [0.25, 0.3) is 0 Å². The van der Waals surface area contributed by atoms with E-state index in [1.807, 2.05) is 25.7 Å². The van der Waals surface area contributed by atoms with Crippen molar-refractivity contribution in [2.45, 2.75) is 45.3 Å². The Morgan fingerprint density at radius 1 is 1.38 bits per heavy atom. The normalized spacial score (nSPS) is 30.1. The molecule has 2 fully saturated rings. The van der Waals surface area contributed by atoms with Crippen LogP contribution in [-0.2, 0) is 4.74 Å². The van der Waals surface area contributed by atoms with Crippen LogP contribution < -0.4 is 5.32 Å². The number of nitrogens with zero attached hydrogens (tertiary/aromatic N) is 1. The highest BCUT2D eigenvalue weighted by Crippen LogP contribution is 2.27. The second-order valence-corrected chi connectivity index (χ2v) is 5.80. The number of hydrogen-bond acceptors (Lipinski definition) is 3. The number of nitrogens with one attached hydrogen (secondary N) is 1. The molecule has 92 valence electrons. The Balaban J connectivity index is 2.00. The second kappa shape index (κ2) is 4.24. The van der Waals surface area contributed by atoms with Gasteiger partial charge in [-0.05, 0) is 39.5 Å². The molecule has 0 aromatic rings. The molecule has 0 aromatic carbocycles. The summed E-state index contributed by atoms with van der Waals surface area (Å²) in [6.07, 6.45) is 2.19. The molecule has 0 saturated carbocycles. The molecule has 4 heteroatoms. The minimum absolute atomic E-state index is 0.147. The first-order valence-electron chi connectivity index (χ1n) is 6.18. The van der Waals surface area contributed by atoms with Crippen molar-refractivity contribution in [1.29, 1.82) is 0 Å². The maximum absolute atomic E-state index is 12.0. The van der Waals surface area contributed by atoms with Gasteiger partial charge in [-0.15, -0.1) is 0 Å². The van der Waals surface area contributed by atoms with Crippen LogP contribution in [0.3, 0.4) is 0 Å². The number of fused-ring (bicyclic) bond motifs is 1. The molecule has 0 aliphatic carbocycles. The predicted molar refractivity (Wildman–Crippen MR) is 62.3 cm³/mol. The topological polar surface area (TPSA) is 41.6 Å². The second-order valence-electron chi connectivity index (χ2n) is 5.80. The van der Waals surface area contributed by atoms with Crippen LogP contribution in [0.2, 0.25) is 0 Å². The molecule has 2 saturated heterocycles. The van der Waals surface area contributed by atoms with Gasteiger partial charge >= 0.3 is 6.09 Å². The average Bonchev–Trinajstić information content (AvgIpc) is 2.61. The largest absolute Gasteiger partial charge is 0.444 e. The summed E-state index contributed by atoms with van der Waals surface area (Å²) in [7, 11) is 0. The lowest BCUT2D eigenvalue weighted by molar-refractivity contribution is 0.00663. The van der Waals surface area contributed by atoms with Gasteiger partial charge in [-0.2, -0.15) is 0 Å². The van der Waals surface area contributed by atoms with Crippen molar-refractivity contribution < 1.29 is 9.53 Å². The number of likely N-dealkylation sites (tertiary alicyclic amines) is 1. The van der Waals surface area contributed by atoms with Gasteiger partial charge in [0.15, 0.2) is 0 Å². The zero-order valence-electron chi connectivity index (χ0n) is 10.5. The third-order valence-electron chi connectivity index (χ3n) is 3.31. The van der Waals surface area contributed by atoms with E-state index in [9.17, 15) is 4.79 Å². The number of piperidine rings is 1. The van der Waals surface area contributed by atoms with Gasteiger partial charge in [-0.1, -0.05) is 0 Å². The van der Waals surface area contributed by atoms with E-state index in [1.54, 1.807) is 0 Å². The van der Waals surface area contributed by atoms with Crippen molar-refractivity contribution in [2.75, 3.05) is 19.6 Å². The van der Waals surface area contributed by atoms with E-state index in [2.05, 4.69) is 5.32 Å². The molecule has 0 spiro atoms. The molecule has 0 radical (unpaired) electrons. The zero-order chi connectivity index (χ0) is 11.8. The van der Waals surface area contributed by atoms with Crippen molar-refractivity contribution in [3.63, 3.8) is 0 Å². The Hall–Kier alpha value is -0.770. The standard InChI is InChI=1S/C12H22N2O2/c1-12(2,3)16-11(15)14-6-4-5-9-7-13-8-10(9)14/h9-10,13H,4-8H2,1-3H3/t9-,10+/m1/s1. The van der Waals surface area contributed by atoms with Gasteiger partial charge in [0.05, 0.1) is 6.04 Å². The van der Waals surface area contributed by atoms with Crippen molar-refractivity contribution in [3.05, 3.63) is 0 Å². The number of amides is 1. The Labute approximate surface area is 97.3 Å². The minimum Gasteiger partial charge on any atom is -0.444 e. The van der Waals surface area contributed by atoms with Crippen molar-refractivity contribution in [2.24, 2.45) is 5.92 Å². The number of carbonyl (C=O) groups is 1. The molecule has 2 rings (SSSR count). The first kappa shape index (κ1) is 11.7. The van der Waals surface area contributed by atoms with Gasteiger partial charge in [-0.25, -0.2) is 4.79 Å². The van der Waals surface area contributed by atoms with E-state index in [4.69, 9.17) is 4.74 Å². The maximum Gasteiger partial charge on any atom is 0.410 e. The molecule has 2 atom stereocenters. The van der Waals surface area contributed by atoms with Crippen LogP contribution in [0.1, 0.15) is 33.6 Å². The molecule has 0 unspecified atom stereocenters. The third-order valence-corrected chi connectivity index (χ3v) is 3.31. The van der Waals surface area contributed by atoms with Crippen molar-refractivity contribution in [1.82, 2.24) is 10.2 Å². The Morgan fingerprint density at radius 2 is 2.12 bits per heavy atom. The van der Waals surface area contributed by atoms with Crippen LogP contribution in [-0.4, -0.2) is 42.3 Å². The summed E-state index contributed by atoms with van der Waals surface area (Å²) in [6.45, 7) is 8.56. The molecule has 16 heavy (non-hydrogen) atoms. The van der Waals surface area contributed by atoms with Gasteiger partial charge in [-0.3, -0.25) is 0 Å². The highest BCUT2D eigenvalue weighted by molar-refractivity contribution is 5.68. The zero-order valence-corrected chi connectivity index (χ0v) is 10.5. The summed E-state index contributed by atoms with van der Waals surface area (Å²) in [4.78, 5) is 13.9. The first-order chi connectivity index (χ1) is 7.47. The third kappa shape index (κ3) is 2.48. The Bertz CT molecular complexity index is 273. The van der Waals surface area contributed by atoms with Crippen LogP contribution >= 0.6 is 0 Å². The highest BCUT2D eigenvalue weighted by atomic mass is 16.6. The monoisotopic (exact) mass is 226 g/mol. The number of rotatable bonds is 0. The van der Waals surface area contributed by atoms with Gasteiger partial charge in [0, 0.05) is 19.6 Å². The fourth-order valence-electron chi connectivity index (χ4n) is 2.62. The lowest BCUT2D eigenvalue weighted by Gasteiger charge is -2.37. The predicted octanol–water partition coefficient (Wildman–Crippen LogP) is 1.61. The summed E-state index contributed by atoms with van der Waals surface area (Å²) in [5.41, 5.74) is -0.393. The van der Waals surface area contributed by atoms with Crippen LogP contribution in [0.15, 0.2) is 0 Å². The smallest absolute Gasteiger partial charge is 0.410 e. The quantitative estimate of drug-likeness (QED) is 0.682. The van der Waals surface area contributed by atoms with E-state index >= 15 is 0 Å². The Kier molecular flexibility index (Phi) is 3.10. The van der Waals surface area contributed by atoms with Crippen molar-refractivity contribution in [3.8, 4) is 0 Å². The molecule has 1 amide bonds. The van der Waals surface area contributed by atoms with E-state index in [1.165, 1.54) is 6.42 Å². The summed E-state index contributed by atoms with van der Waals surface area (Å²) >= 11 is 0. The van der Waals surface area contributed by atoms with Gasteiger partial charge in [0.25, 0.3) is 0 Å². The summed E-state index contributed by atoms with van der Waals surface area (Å²) < 4.78 is 5.44. The molecule has 1 N–H and O–H groups in total. The Morgan fingerprint density at radius 3 is 2.81 bits per heavy atom.